The molecular formula is C3H7NNaO4+. The number of aliphatic hydroxyl groups is 2. The topological polar surface area (TPSA) is 83.6 Å². The summed E-state index contributed by atoms with van der Waals surface area (Å²) in [6.07, 6.45) is -1.81. The second kappa shape index (κ2) is 6.44. The monoisotopic (exact) mass is 144 g/mol. The summed E-state index contributed by atoms with van der Waals surface area (Å²) < 4.78 is 0. The summed E-state index contributed by atoms with van der Waals surface area (Å²) in [6, 6.07) is 0. The maximum absolute atomic E-state index is 9.53. The minimum Gasteiger partial charge on any atom is -0.396 e. The summed E-state index contributed by atoms with van der Waals surface area (Å²) in [4.78, 5) is 8.68. The molecule has 0 spiro atoms. The van der Waals surface area contributed by atoms with Gasteiger partial charge in [0.2, 0.25) is 0 Å². The van der Waals surface area contributed by atoms with Crippen LogP contribution in [0.4, 0.5) is 0 Å². The van der Waals surface area contributed by atoms with Crippen molar-refractivity contribution in [2.24, 2.45) is 0 Å². The first-order valence-electron chi connectivity index (χ1n) is 2.11. The van der Waals surface area contributed by atoms with Crippen molar-refractivity contribution in [3.8, 4) is 0 Å². The van der Waals surface area contributed by atoms with Crippen molar-refractivity contribution in [2.45, 2.75) is 12.6 Å². The van der Waals surface area contributed by atoms with Crippen molar-refractivity contribution in [3.05, 3.63) is 10.1 Å². The second-order valence-electron chi connectivity index (χ2n) is 1.28. The predicted molar refractivity (Wildman–Crippen MR) is 24.7 cm³/mol. The number of hydrogen-bond acceptors (Lipinski definition) is 4. The molecule has 0 fully saturated rings. The van der Waals surface area contributed by atoms with Gasteiger partial charge in [-0.3, -0.25) is 10.1 Å². The third-order valence-corrected chi connectivity index (χ3v) is 0.631. The standard InChI is InChI=1S/C3H7NO4.Na/c5-2-1-3(6)4(7)8;/h3,5-6H,1-2H2;/q;+1. The molecule has 48 valence electrons. The van der Waals surface area contributed by atoms with Crippen molar-refractivity contribution >= 4 is 0 Å². The molecule has 0 bridgehead atoms. The van der Waals surface area contributed by atoms with E-state index in [0.717, 1.165) is 0 Å². The molecule has 2 N–H and O–H groups in total. The SMILES string of the molecule is O=[N+]([O-])C(O)CCO.[Na+]. The van der Waals surface area contributed by atoms with Crippen molar-refractivity contribution in [1.29, 1.82) is 0 Å². The Labute approximate surface area is 74.1 Å². The maximum atomic E-state index is 9.53. The average molecular weight is 144 g/mol. The molecular weight excluding hydrogens is 137 g/mol. The van der Waals surface area contributed by atoms with Gasteiger partial charge in [-0.2, -0.15) is 0 Å². The molecule has 1 unspecified atom stereocenters. The van der Waals surface area contributed by atoms with Gasteiger partial charge in [0.15, 0.2) is 0 Å². The fourth-order valence-electron chi connectivity index (χ4n) is 0.221. The first-order chi connectivity index (χ1) is 3.68. The summed E-state index contributed by atoms with van der Waals surface area (Å²) >= 11 is 0. The van der Waals surface area contributed by atoms with Crippen molar-refractivity contribution in [3.63, 3.8) is 0 Å². The molecule has 0 radical (unpaired) electrons. The first kappa shape index (κ1) is 12.0. The molecule has 9 heavy (non-hydrogen) atoms. The second-order valence-corrected chi connectivity index (χ2v) is 1.28. The van der Waals surface area contributed by atoms with E-state index in [-0.39, 0.29) is 42.6 Å². The Balaban J connectivity index is 0. The number of rotatable bonds is 3. The molecule has 0 aliphatic rings. The van der Waals surface area contributed by atoms with Crippen LogP contribution in [0.15, 0.2) is 0 Å². The number of aliphatic hydroxyl groups excluding tert-OH is 2. The van der Waals surface area contributed by atoms with Gasteiger partial charge in [-0.1, -0.05) is 0 Å². The van der Waals surface area contributed by atoms with Crippen LogP contribution in [0.1, 0.15) is 6.42 Å². The molecule has 0 saturated carbocycles. The zero-order valence-electron chi connectivity index (χ0n) is 5.15. The maximum Gasteiger partial charge on any atom is 1.00 e. The van der Waals surface area contributed by atoms with Crippen LogP contribution in [-0.4, -0.2) is 28.0 Å². The molecule has 6 heteroatoms. The molecule has 1 atom stereocenters. The normalized spacial score (nSPS) is 11.8. The van der Waals surface area contributed by atoms with Gasteiger partial charge in [0.05, 0.1) is 18.0 Å². The average Bonchev–Trinajstić information content (AvgIpc) is 1.67. The fraction of sp³-hybridized carbons (Fsp3) is 1.00. The van der Waals surface area contributed by atoms with E-state index in [1.807, 2.05) is 0 Å². The van der Waals surface area contributed by atoms with Gasteiger partial charge < -0.3 is 10.2 Å². The quantitative estimate of drug-likeness (QED) is 0.183. The number of hydrogen-bond donors (Lipinski definition) is 2. The smallest absolute Gasteiger partial charge is 0.396 e. The third kappa shape index (κ3) is 6.20. The van der Waals surface area contributed by atoms with E-state index in [0.29, 0.717) is 0 Å². The van der Waals surface area contributed by atoms with Crippen LogP contribution in [-0.2, 0) is 0 Å². The molecule has 0 heterocycles. The van der Waals surface area contributed by atoms with Gasteiger partial charge in [-0.05, 0) is 0 Å². The Hall–Kier alpha value is 0.320. The van der Waals surface area contributed by atoms with E-state index in [4.69, 9.17) is 10.2 Å². The van der Waals surface area contributed by atoms with Crippen molar-refractivity contribution < 1.29 is 44.7 Å². The van der Waals surface area contributed by atoms with Crippen molar-refractivity contribution in [1.82, 2.24) is 0 Å². The Morgan fingerprint density at radius 3 is 2.22 bits per heavy atom. The Kier molecular flexibility index (Phi) is 8.62. The largest absolute Gasteiger partial charge is 1.00 e. The van der Waals surface area contributed by atoms with Gasteiger partial charge >= 0.3 is 35.8 Å². The van der Waals surface area contributed by atoms with Crippen LogP contribution in [0, 0.1) is 10.1 Å². The Morgan fingerprint density at radius 1 is 1.67 bits per heavy atom. The van der Waals surface area contributed by atoms with Gasteiger partial charge in [0, 0.05) is 0 Å². The molecule has 0 aromatic carbocycles. The van der Waals surface area contributed by atoms with E-state index in [9.17, 15) is 10.1 Å². The van der Waals surface area contributed by atoms with Gasteiger partial charge in [0.1, 0.15) is 0 Å². The summed E-state index contributed by atoms with van der Waals surface area (Å²) in [5.74, 6) is 0. The fourth-order valence-corrected chi connectivity index (χ4v) is 0.221. The molecule has 0 amide bonds. The summed E-state index contributed by atoms with van der Waals surface area (Å²) in [6.45, 7) is -0.359. The van der Waals surface area contributed by atoms with Crippen LogP contribution in [0.2, 0.25) is 0 Å². The van der Waals surface area contributed by atoms with Crippen LogP contribution < -0.4 is 29.6 Å². The van der Waals surface area contributed by atoms with E-state index in [2.05, 4.69) is 0 Å². The van der Waals surface area contributed by atoms with E-state index in [1.54, 1.807) is 0 Å². The van der Waals surface area contributed by atoms with Gasteiger partial charge in [0.25, 0.3) is 0 Å². The van der Waals surface area contributed by atoms with Crippen LogP contribution in [0.3, 0.4) is 0 Å². The van der Waals surface area contributed by atoms with Crippen LogP contribution in [0.5, 0.6) is 0 Å². The zero-order valence-corrected chi connectivity index (χ0v) is 7.15. The summed E-state index contributed by atoms with van der Waals surface area (Å²) in [5.41, 5.74) is 0. The molecule has 0 aromatic heterocycles. The van der Waals surface area contributed by atoms with Gasteiger partial charge in [-0.25, -0.2) is 0 Å². The van der Waals surface area contributed by atoms with Crippen LogP contribution in [0.25, 0.3) is 0 Å². The van der Waals surface area contributed by atoms with E-state index < -0.39 is 11.2 Å². The Morgan fingerprint density at radius 2 is 2.11 bits per heavy atom. The minimum atomic E-state index is -1.61. The zero-order chi connectivity index (χ0) is 6.57. The predicted octanol–water partition coefficient (Wildman–Crippen LogP) is -4.03. The molecule has 0 saturated heterocycles. The third-order valence-electron chi connectivity index (χ3n) is 0.631. The first-order valence-corrected chi connectivity index (χ1v) is 2.11. The molecule has 5 nitrogen and oxygen atoms in total. The minimum absolute atomic E-state index is 0. The van der Waals surface area contributed by atoms with Crippen LogP contribution >= 0.6 is 0 Å². The molecule has 0 aliphatic heterocycles. The van der Waals surface area contributed by atoms with Gasteiger partial charge in [-0.15, -0.1) is 0 Å². The summed E-state index contributed by atoms with van der Waals surface area (Å²) in [7, 11) is 0. The number of nitro groups is 1. The number of nitrogens with zero attached hydrogens (tertiary/aromatic N) is 1. The molecule has 0 aliphatic carbocycles. The van der Waals surface area contributed by atoms with E-state index in [1.165, 1.54) is 0 Å². The Bertz CT molecular complexity index is 87.9. The molecule has 0 aromatic rings. The molecule has 0 rings (SSSR count). The van der Waals surface area contributed by atoms with E-state index >= 15 is 0 Å². The van der Waals surface area contributed by atoms with Crippen molar-refractivity contribution in [2.75, 3.05) is 6.61 Å². The summed E-state index contributed by atoms with van der Waals surface area (Å²) in [5, 5.41) is 25.8.